The zero-order valence-corrected chi connectivity index (χ0v) is 15.8. The Bertz CT molecular complexity index is 726. The molecule has 12 nitrogen and oxygen atoms in total. The molecule has 0 aromatic heterocycles. The van der Waals surface area contributed by atoms with Crippen LogP contribution in [0.2, 0.25) is 0 Å². The Labute approximate surface area is 154 Å². The normalized spacial score (nSPS) is 22.8. The first-order chi connectivity index (χ1) is 11.9. The van der Waals surface area contributed by atoms with E-state index >= 15 is 0 Å². The zero-order valence-electron chi connectivity index (χ0n) is 14.2. The molecule has 5 N–H and O–H groups in total. The molecule has 0 bridgehead atoms. The number of carbonyl (C=O) groups excluding carboxylic acids is 1. The minimum Gasteiger partial charge on any atom is -0.477 e. The monoisotopic (exact) mass is 412 g/mol. The van der Waals surface area contributed by atoms with Gasteiger partial charge in [-0.05, 0) is 6.92 Å². The van der Waals surface area contributed by atoms with Gasteiger partial charge in [-0.25, -0.2) is 4.79 Å². The third-order valence-corrected chi connectivity index (χ3v) is 4.49. The number of rotatable bonds is 4. The molecular weight excluding hydrogens is 392 g/mol. The van der Waals surface area contributed by atoms with E-state index in [1.54, 1.807) is 25.9 Å². The number of carbonyl (C=O) groups is 2. The molecular formula is C12H20N4O8S2. The molecule has 1 fully saturated rings. The fourth-order valence-corrected chi connectivity index (χ4v) is 3.50. The van der Waals surface area contributed by atoms with Gasteiger partial charge >= 0.3 is 16.4 Å². The lowest BCUT2D eigenvalue weighted by Gasteiger charge is -2.48. The zero-order chi connectivity index (χ0) is 20.2. The third-order valence-electron chi connectivity index (χ3n) is 3.19. The quantitative estimate of drug-likeness (QED) is 0.143. The molecule has 0 aromatic carbocycles. The predicted octanol–water partition coefficient (Wildman–Crippen LogP) is -1.17. The van der Waals surface area contributed by atoms with Crippen LogP contribution in [0.1, 0.15) is 6.92 Å². The van der Waals surface area contributed by atoms with Crippen LogP contribution in [0.25, 0.3) is 0 Å². The molecule has 0 aromatic rings. The number of β-lactam (4-membered cyclic amide) rings is 1. The fraction of sp³-hybridized carbons (Fsp3) is 0.583. The van der Waals surface area contributed by atoms with Crippen molar-refractivity contribution in [3.8, 4) is 0 Å². The van der Waals surface area contributed by atoms with E-state index < -0.39 is 22.4 Å². The van der Waals surface area contributed by atoms with Gasteiger partial charge in [-0.1, -0.05) is 5.16 Å². The van der Waals surface area contributed by atoms with Gasteiger partial charge in [0.05, 0.1) is 0 Å². The van der Waals surface area contributed by atoms with Crippen molar-refractivity contribution < 1.29 is 37.1 Å². The number of amides is 1. The molecule has 0 saturated carbocycles. The van der Waals surface area contributed by atoms with E-state index in [2.05, 4.69) is 5.16 Å². The number of oxime groups is 1. The smallest absolute Gasteiger partial charge is 0.394 e. The molecule has 26 heavy (non-hydrogen) atoms. The number of nitrogens with two attached hydrogens (primary N) is 1. The SMILES string of the molecule is CCO/N=C(/C1=C(C(=O)O)N2C(=O)[C@@H](N)[C@H]2SC1)N(C)C.O=S(=O)(O)O. The highest BCUT2D eigenvalue weighted by molar-refractivity contribution is 8.00. The van der Waals surface area contributed by atoms with Gasteiger partial charge in [0.1, 0.15) is 23.7 Å². The summed E-state index contributed by atoms with van der Waals surface area (Å²) in [6, 6.07) is -0.641. The van der Waals surface area contributed by atoms with E-state index in [9.17, 15) is 14.7 Å². The van der Waals surface area contributed by atoms with Crippen LogP contribution in [0.4, 0.5) is 0 Å². The summed E-state index contributed by atoms with van der Waals surface area (Å²) < 4.78 is 31.6. The molecule has 2 rings (SSSR count). The van der Waals surface area contributed by atoms with Crippen molar-refractivity contribution in [2.75, 3.05) is 26.5 Å². The van der Waals surface area contributed by atoms with Gasteiger partial charge < -0.3 is 20.6 Å². The van der Waals surface area contributed by atoms with Crippen LogP contribution in [0.3, 0.4) is 0 Å². The lowest BCUT2D eigenvalue weighted by Crippen LogP contribution is -2.68. The number of likely N-dealkylation sites (N-methyl/N-ethyl adjacent to an activating group) is 1. The topological polar surface area (TPSA) is 183 Å². The van der Waals surface area contributed by atoms with Crippen LogP contribution >= 0.6 is 11.8 Å². The lowest BCUT2D eigenvalue weighted by atomic mass is 10.0. The number of aliphatic carboxylic acids is 1. The van der Waals surface area contributed by atoms with E-state index in [-0.39, 0.29) is 17.0 Å². The van der Waals surface area contributed by atoms with Gasteiger partial charge in [0, 0.05) is 25.4 Å². The summed E-state index contributed by atoms with van der Waals surface area (Å²) >= 11 is 1.43. The van der Waals surface area contributed by atoms with Crippen LogP contribution in [0, 0.1) is 0 Å². The molecule has 14 heteroatoms. The fourth-order valence-electron chi connectivity index (χ4n) is 2.22. The van der Waals surface area contributed by atoms with Crippen molar-refractivity contribution in [1.29, 1.82) is 0 Å². The molecule has 148 valence electrons. The molecule has 0 unspecified atom stereocenters. The predicted molar refractivity (Wildman–Crippen MR) is 92.7 cm³/mol. The van der Waals surface area contributed by atoms with E-state index in [1.165, 1.54) is 16.7 Å². The average molecular weight is 412 g/mol. The van der Waals surface area contributed by atoms with Crippen LogP contribution in [-0.4, -0.2) is 88.0 Å². The first-order valence-corrected chi connectivity index (χ1v) is 9.58. The minimum atomic E-state index is -4.67. The van der Waals surface area contributed by atoms with Gasteiger partial charge in [0.2, 0.25) is 5.91 Å². The summed E-state index contributed by atoms with van der Waals surface area (Å²) in [6.45, 7) is 2.16. The van der Waals surface area contributed by atoms with E-state index in [4.69, 9.17) is 28.1 Å². The van der Waals surface area contributed by atoms with Gasteiger partial charge in [-0.15, -0.1) is 11.8 Å². The maximum Gasteiger partial charge on any atom is 0.394 e. The van der Waals surface area contributed by atoms with Crippen LogP contribution < -0.4 is 5.73 Å². The molecule has 2 heterocycles. The molecule has 1 saturated heterocycles. The number of nitrogens with zero attached hydrogens (tertiary/aromatic N) is 3. The van der Waals surface area contributed by atoms with Crippen molar-refractivity contribution in [2.45, 2.75) is 18.3 Å². The van der Waals surface area contributed by atoms with Crippen LogP contribution in [-0.2, 0) is 24.8 Å². The molecule has 0 aliphatic carbocycles. The number of thioether (sulfide) groups is 1. The van der Waals surface area contributed by atoms with Crippen molar-refractivity contribution in [3.63, 3.8) is 0 Å². The Morgan fingerprint density at radius 2 is 2.00 bits per heavy atom. The highest BCUT2D eigenvalue weighted by Gasteiger charge is 2.52. The van der Waals surface area contributed by atoms with Crippen molar-refractivity contribution >= 4 is 39.9 Å². The molecule has 2 atom stereocenters. The number of amidine groups is 1. The van der Waals surface area contributed by atoms with Crippen molar-refractivity contribution in [2.24, 2.45) is 10.9 Å². The largest absolute Gasteiger partial charge is 0.477 e. The van der Waals surface area contributed by atoms with Crippen LogP contribution in [0.15, 0.2) is 16.4 Å². The second-order valence-corrected chi connectivity index (χ2v) is 7.24. The van der Waals surface area contributed by atoms with Crippen molar-refractivity contribution in [1.82, 2.24) is 9.80 Å². The molecule has 0 radical (unpaired) electrons. The Kier molecular flexibility index (Phi) is 7.40. The van der Waals surface area contributed by atoms with E-state index in [0.29, 0.717) is 23.8 Å². The summed E-state index contributed by atoms with van der Waals surface area (Å²) in [7, 11) is -1.19. The number of carboxylic acids is 1. The average Bonchev–Trinajstić information content (AvgIpc) is 2.51. The second-order valence-electron chi connectivity index (χ2n) is 5.24. The Morgan fingerprint density at radius 3 is 2.42 bits per heavy atom. The summed E-state index contributed by atoms with van der Waals surface area (Å²) in [5.41, 5.74) is 6.11. The van der Waals surface area contributed by atoms with E-state index in [1.807, 2.05) is 0 Å². The molecule has 1 amide bonds. The highest BCUT2D eigenvalue weighted by Crippen LogP contribution is 2.39. The van der Waals surface area contributed by atoms with Crippen molar-refractivity contribution in [3.05, 3.63) is 11.3 Å². The molecule has 2 aliphatic heterocycles. The van der Waals surface area contributed by atoms with Gasteiger partial charge in [0.15, 0.2) is 5.84 Å². The Hall–Kier alpha value is -1.87. The molecule has 2 aliphatic rings. The Balaban J connectivity index is 0.000000597. The van der Waals surface area contributed by atoms with Gasteiger partial charge in [0.25, 0.3) is 0 Å². The van der Waals surface area contributed by atoms with Gasteiger partial charge in [-0.3, -0.25) is 18.8 Å². The summed E-state index contributed by atoms with van der Waals surface area (Å²) in [5.74, 6) is -0.736. The summed E-state index contributed by atoms with van der Waals surface area (Å²) in [5, 5.41) is 13.1. The van der Waals surface area contributed by atoms with Crippen LogP contribution in [0.5, 0.6) is 0 Å². The number of hydrogen-bond donors (Lipinski definition) is 4. The molecule has 0 spiro atoms. The second kappa shape index (κ2) is 8.68. The standard InChI is InChI=1S/C12H18N4O4S.H2O4S/c1-4-20-14-9(15(2)3)6-5-21-11-7(13)10(17)16(11)8(6)12(18)19;1-5(2,3)4/h7,11H,4-5,13H2,1-3H3,(H,18,19);(H2,1,2,3,4)/b14-9-;/t7-,11-;/m1./s1. The first-order valence-electron chi connectivity index (χ1n) is 7.14. The van der Waals surface area contributed by atoms with Gasteiger partial charge in [-0.2, -0.15) is 8.42 Å². The highest BCUT2D eigenvalue weighted by atomic mass is 32.3. The first kappa shape index (κ1) is 22.2. The van der Waals surface area contributed by atoms with E-state index in [0.717, 1.165) is 0 Å². The maximum absolute atomic E-state index is 11.9. The number of carboxylic acid groups (broad SMARTS) is 1. The minimum absolute atomic E-state index is 0.0578. The third kappa shape index (κ3) is 5.31. The summed E-state index contributed by atoms with van der Waals surface area (Å²) in [4.78, 5) is 31.4. The summed E-state index contributed by atoms with van der Waals surface area (Å²) in [6.07, 6.45) is 0. The lowest BCUT2D eigenvalue weighted by molar-refractivity contribution is -0.147. The maximum atomic E-state index is 11.9. The number of fused-ring (bicyclic) bond motifs is 1. The Morgan fingerprint density at radius 1 is 1.46 bits per heavy atom. The number of hydrogen-bond acceptors (Lipinski definition) is 8.